The number of carbonyl (C=O) groups excluding carboxylic acids is 1. The van der Waals surface area contributed by atoms with Crippen LogP contribution in [0.25, 0.3) is 0 Å². The molecule has 0 saturated heterocycles. The topological polar surface area (TPSA) is 32.8 Å². The molecule has 0 aliphatic carbocycles. The molecule has 0 aliphatic rings. The second kappa shape index (κ2) is 5.09. The van der Waals surface area contributed by atoms with Crippen molar-refractivity contribution in [1.82, 2.24) is 10.0 Å². The Morgan fingerprint density at radius 1 is 1.36 bits per heavy atom. The molecule has 0 atom stereocenters. The molecule has 0 saturated carbocycles. The first-order valence-electron chi connectivity index (χ1n) is 3.62. The molecule has 0 spiro atoms. The van der Waals surface area contributed by atoms with E-state index < -0.39 is 0 Å². The maximum absolute atomic E-state index is 10.9. The summed E-state index contributed by atoms with van der Waals surface area (Å²) in [6, 6.07) is 0. The van der Waals surface area contributed by atoms with Crippen LogP contribution in [0.15, 0.2) is 0 Å². The van der Waals surface area contributed by atoms with Crippen LogP contribution in [0.1, 0.15) is 6.92 Å². The standard InChI is InChI=1S/C7H16N2O2/c1-5-11-7(10)6-9(4)8(2)3/h5-6H2,1-4H3. The van der Waals surface area contributed by atoms with Crippen LogP contribution in [0.4, 0.5) is 0 Å². The maximum Gasteiger partial charge on any atom is 0.321 e. The van der Waals surface area contributed by atoms with Crippen LogP contribution in [-0.2, 0) is 9.53 Å². The van der Waals surface area contributed by atoms with Gasteiger partial charge in [-0.1, -0.05) is 0 Å². The van der Waals surface area contributed by atoms with E-state index in [1.807, 2.05) is 26.2 Å². The third-order valence-electron chi connectivity index (χ3n) is 1.35. The smallest absolute Gasteiger partial charge is 0.321 e. The fraction of sp³-hybridized carbons (Fsp3) is 0.857. The van der Waals surface area contributed by atoms with Crippen molar-refractivity contribution < 1.29 is 9.53 Å². The van der Waals surface area contributed by atoms with E-state index in [4.69, 9.17) is 4.74 Å². The summed E-state index contributed by atoms with van der Waals surface area (Å²) in [5.74, 6) is -0.191. The molecule has 0 aliphatic heterocycles. The molecule has 0 aromatic carbocycles. The Morgan fingerprint density at radius 3 is 2.27 bits per heavy atom. The SMILES string of the molecule is CCOC(=O)CN(C)N(C)C. The van der Waals surface area contributed by atoms with Crippen molar-refractivity contribution in [2.24, 2.45) is 0 Å². The summed E-state index contributed by atoms with van der Waals surface area (Å²) >= 11 is 0. The monoisotopic (exact) mass is 160 g/mol. The Bertz CT molecular complexity index is 126. The molecule has 11 heavy (non-hydrogen) atoms. The van der Waals surface area contributed by atoms with E-state index in [1.165, 1.54) is 0 Å². The number of rotatable bonds is 4. The lowest BCUT2D eigenvalue weighted by Crippen LogP contribution is -2.37. The van der Waals surface area contributed by atoms with E-state index in [9.17, 15) is 4.79 Å². The zero-order valence-corrected chi connectivity index (χ0v) is 7.63. The van der Waals surface area contributed by atoms with Gasteiger partial charge in [0.15, 0.2) is 0 Å². The van der Waals surface area contributed by atoms with Gasteiger partial charge in [-0.2, -0.15) is 0 Å². The van der Waals surface area contributed by atoms with Crippen molar-refractivity contribution >= 4 is 5.97 Å². The minimum atomic E-state index is -0.191. The molecule has 0 rings (SSSR count). The first-order chi connectivity index (χ1) is 5.07. The number of likely N-dealkylation sites (N-methyl/N-ethyl adjacent to an activating group) is 1. The lowest BCUT2D eigenvalue weighted by atomic mass is 10.6. The summed E-state index contributed by atoms with van der Waals surface area (Å²) < 4.78 is 4.76. The normalized spacial score (nSPS) is 10.7. The number of nitrogens with zero attached hydrogens (tertiary/aromatic N) is 2. The Balaban J connectivity index is 3.57. The third-order valence-corrected chi connectivity index (χ3v) is 1.35. The van der Waals surface area contributed by atoms with Gasteiger partial charge < -0.3 is 4.74 Å². The van der Waals surface area contributed by atoms with Crippen LogP contribution in [0.5, 0.6) is 0 Å². The van der Waals surface area contributed by atoms with Crippen LogP contribution < -0.4 is 0 Å². The minimum absolute atomic E-state index is 0.191. The van der Waals surface area contributed by atoms with Gasteiger partial charge in [0, 0.05) is 21.1 Å². The van der Waals surface area contributed by atoms with Gasteiger partial charge in [0.2, 0.25) is 0 Å². The molecular weight excluding hydrogens is 144 g/mol. The Labute approximate surface area is 67.7 Å². The summed E-state index contributed by atoms with van der Waals surface area (Å²) in [7, 11) is 5.58. The lowest BCUT2D eigenvalue weighted by molar-refractivity contribution is -0.147. The highest BCUT2D eigenvalue weighted by Crippen LogP contribution is 1.87. The quantitative estimate of drug-likeness (QED) is 0.426. The summed E-state index contributed by atoms with van der Waals surface area (Å²) in [5.41, 5.74) is 0. The Morgan fingerprint density at radius 2 is 1.91 bits per heavy atom. The number of hydrogen-bond acceptors (Lipinski definition) is 4. The highest BCUT2D eigenvalue weighted by molar-refractivity contribution is 5.71. The minimum Gasteiger partial charge on any atom is -0.465 e. The van der Waals surface area contributed by atoms with Crippen molar-refractivity contribution in [2.75, 3.05) is 34.3 Å². The molecule has 0 bridgehead atoms. The summed E-state index contributed by atoms with van der Waals surface area (Å²) in [6.07, 6.45) is 0. The van der Waals surface area contributed by atoms with E-state index in [-0.39, 0.29) is 5.97 Å². The summed E-state index contributed by atoms with van der Waals surface area (Å²) in [4.78, 5) is 10.9. The summed E-state index contributed by atoms with van der Waals surface area (Å²) in [5, 5.41) is 3.61. The fourth-order valence-electron chi connectivity index (χ4n) is 0.535. The van der Waals surface area contributed by atoms with E-state index in [0.29, 0.717) is 13.2 Å². The molecule has 66 valence electrons. The Hall–Kier alpha value is -0.610. The van der Waals surface area contributed by atoms with Crippen molar-refractivity contribution in [3.05, 3.63) is 0 Å². The van der Waals surface area contributed by atoms with Crippen LogP contribution in [0.2, 0.25) is 0 Å². The number of esters is 1. The van der Waals surface area contributed by atoms with Gasteiger partial charge in [-0.25, -0.2) is 10.0 Å². The van der Waals surface area contributed by atoms with Crippen molar-refractivity contribution in [1.29, 1.82) is 0 Å². The number of carbonyl (C=O) groups is 1. The zero-order valence-electron chi connectivity index (χ0n) is 7.63. The molecule has 4 heteroatoms. The van der Waals surface area contributed by atoms with Crippen molar-refractivity contribution in [2.45, 2.75) is 6.92 Å². The second-order valence-corrected chi connectivity index (χ2v) is 2.47. The molecule has 0 N–H and O–H groups in total. The highest BCUT2D eigenvalue weighted by atomic mass is 16.5. The van der Waals surface area contributed by atoms with Crippen LogP contribution in [0, 0.1) is 0 Å². The van der Waals surface area contributed by atoms with Gasteiger partial charge in [0.1, 0.15) is 6.54 Å². The molecule has 0 unspecified atom stereocenters. The van der Waals surface area contributed by atoms with E-state index in [2.05, 4.69) is 0 Å². The zero-order chi connectivity index (χ0) is 8.85. The van der Waals surface area contributed by atoms with E-state index in [1.54, 1.807) is 11.9 Å². The first-order valence-corrected chi connectivity index (χ1v) is 3.62. The molecule has 0 radical (unpaired) electrons. The molecule has 0 amide bonds. The van der Waals surface area contributed by atoms with E-state index >= 15 is 0 Å². The number of ether oxygens (including phenoxy) is 1. The van der Waals surface area contributed by atoms with Crippen LogP contribution in [-0.4, -0.2) is 50.3 Å². The summed E-state index contributed by atoms with van der Waals surface area (Å²) in [6.45, 7) is 2.55. The average molecular weight is 160 g/mol. The average Bonchev–Trinajstić information content (AvgIpc) is 1.87. The molecule has 4 nitrogen and oxygen atoms in total. The van der Waals surface area contributed by atoms with Gasteiger partial charge in [-0.3, -0.25) is 4.79 Å². The lowest BCUT2D eigenvalue weighted by Gasteiger charge is -2.22. The fourth-order valence-corrected chi connectivity index (χ4v) is 0.535. The van der Waals surface area contributed by atoms with Crippen LogP contribution >= 0.6 is 0 Å². The van der Waals surface area contributed by atoms with Gasteiger partial charge in [0.25, 0.3) is 0 Å². The predicted octanol–water partition coefficient (Wildman–Crippen LogP) is -0.0421. The molecule has 0 fully saturated rings. The van der Waals surface area contributed by atoms with Gasteiger partial charge in [-0.05, 0) is 6.92 Å². The first kappa shape index (κ1) is 10.4. The largest absolute Gasteiger partial charge is 0.465 e. The van der Waals surface area contributed by atoms with Gasteiger partial charge >= 0.3 is 5.97 Å². The number of hydrazine groups is 1. The second-order valence-electron chi connectivity index (χ2n) is 2.47. The predicted molar refractivity (Wildman–Crippen MR) is 43.0 cm³/mol. The van der Waals surface area contributed by atoms with Crippen molar-refractivity contribution in [3.8, 4) is 0 Å². The molecular formula is C7H16N2O2. The van der Waals surface area contributed by atoms with Crippen molar-refractivity contribution in [3.63, 3.8) is 0 Å². The van der Waals surface area contributed by atoms with E-state index in [0.717, 1.165) is 0 Å². The van der Waals surface area contributed by atoms with Gasteiger partial charge in [-0.15, -0.1) is 0 Å². The Kier molecular flexibility index (Phi) is 4.81. The maximum atomic E-state index is 10.9. The molecule has 0 aromatic rings. The number of hydrogen-bond donors (Lipinski definition) is 0. The molecule has 0 aromatic heterocycles. The molecule has 0 heterocycles. The van der Waals surface area contributed by atoms with Crippen LogP contribution in [0.3, 0.4) is 0 Å². The highest BCUT2D eigenvalue weighted by Gasteiger charge is 2.07. The third kappa shape index (κ3) is 4.75. The van der Waals surface area contributed by atoms with Gasteiger partial charge in [0.05, 0.1) is 6.61 Å².